The van der Waals surface area contributed by atoms with Crippen LogP contribution in [0.4, 0.5) is 4.79 Å². The maximum Gasteiger partial charge on any atom is 0.317 e. The molecule has 1 fully saturated rings. The molecular weight excluding hydrogens is 324 g/mol. The minimum Gasteiger partial charge on any atom is -0.480 e. The number of amides is 2. The number of nitrogens with zero attached hydrogens (tertiary/aromatic N) is 2. The lowest BCUT2D eigenvalue weighted by Gasteiger charge is -2.43. The van der Waals surface area contributed by atoms with E-state index < -0.39 is 5.97 Å². The van der Waals surface area contributed by atoms with Gasteiger partial charge in [0.1, 0.15) is 0 Å². The molecule has 1 aromatic heterocycles. The number of fused-ring (bicyclic) bond motifs is 1. The smallest absolute Gasteiger partial charge is 0.317 e. The van der Waals surface area contributed by atoms with Crippen molar-refractivity contribution in [3.05, 3.63) is 33.7 Å². The van der Waals surface area contributed by atoms with Gasteiger partial charge in [0.2, 0.25) is 0 Å². The second-order valence-electron chi connectivity index (χ2n) is 6.71. The van der Waals surface area contributed by atoms with E-state index in [2.05, 4.69) is 10.3 Å². The number of H-pyrrole nitrogens is 1. The first kappa shape index (κ1) is 17.5. The van der Waals surface area contributed by atoms with Crippen LogP contribution in [0.15, 0.2) is 17.1 Å². The van der Waals surface area contributed by atoms with Crippen molar-refractivity contribution in [2.75, 3.05) is 19.6 Å². The van der Waals surface area contributed by atoms with Gasteiger partial charge >= 0.3 is 12.0 Å². The van der Waals surface area contributed by atoms with Crippen LogP contribution in [-0.2, 0) is 17.8 Å². The molecule has 2 amide bonds. The number of aromatic amines is 1. The Morgan fingerprint density at radius 2 is 2.20 bits per heavy atom. The summed E-state index contributed by atoms with van der Waals surface area (Å²) < 4.78 is 0. The number of likely N-dealkylation sites (N-methyl/N-ethyl adjacent to an activating group) is 1. The summed E-state index contributed by atoms with van der Waals surface area (Å²) in [6.45, 7) is 3.58. The summed E-state index contributed by atoms with van der Waals surface area (Å²) in [5.41, 5.74) is 1.53. The van der Waals surface area contributed by atoms with E-state index in [0.29, 0.717) is 31.6 Å². The van der Waals surface area contributed by atoms with Crippen molar-refractivity contribution in [1.82, 2.24) is 20.1 Å². The number of carboxylic acids is 1. The molecule has 0 radical (unpaired) electrons. The molecule has 2 aliphatic rings. The van der Waals surface area contributed by atoms with E-state index in [0.717, 1.165) is 18.4 Å². The number of aliphatic carboxylic acids is 1. The first-order valence-corrected chi connectivity index (χ1v) is 8.68. The average molecular weight is 348 g/mol. The molecule has 0 aromatic carbocycles. The van der Waals surface area contributed by atoms with Crippen molar-refractivity contribution in [3.63, 3.8) is 0 Å². The minimum absolute atomic E-state index is 0.0352. The second-order valence-corrected chi connectivity index (χ2v) is 6.71. The predicted octanol–water partition coefficient (Wildman–Crippen LogP) is 0.380. The van der Waals surface area contributed by atoms with Crippen molar-refractivity contribution in [1.29, 1.82) is 0 Å². The summed E-state index contributed by atoms with van der Waals surface area (Å²) in [6.07, 6.45) is 3.85. The van der Waals surface area contributed by atoms with Gasteiger partial charge in [0.05, 0.1) is 13.1 Å². The molecule has 1 aliphatic carbocycles. The number of carbonyl (C=O) groups is 2. The van der Waals surface area contributed by atoms with E-state index in [9.17, 15) is 14.4 Å². The first-order valence-electron chi connectivity index (χ1n) is 8.68. The van der Waals surface area contributed by atoms with Gasteiger partial charge in [-0.25, -0.2) is 4.79 Å². The van der Waals surface area contributed by atoms with Crippen LogP contribution in [0.25, 0.3) is 0 Å². The number of hydrogen-bond donors (Lipinski definition) is 3. The summed E-state index contributed by atoms with van der Waals surface area (Å²) in [5, 5.41) is 11.9. The maximum absolute atomic E-state index is 12.4. The third-order valence-electron chi connectivity index (χ3n) is 5.15. The zero-order chi connectivity index (χ0) is 18.0. The van der Waals surface area contributed by atoms with Crippen LogP contribution in [0.5, 0.6) is 0 Å². The molecule has 3 N–H and O–H groups in total. The highest BCUT2D eigenvalue weighted by Gasteiger charge is 2.35. The van der Waals surface area contributed by atoms with Crippen molar-refractivity contribution in [3.8, 4) is 0 Å². The van der Waals surface area contributed by atoms with Gasteiger partial charge in [-0.05, 0) is 37.4 Å². The number of rotatable bonds is 5. The molecule has 0 atom stereocenters. The number of nitrogens with one attached hydrogen (secondary N) is 2. The van der Waals surface area contributed by atoms with E-state index in [1.54, 1.807) is 11.1 Å². The molecule has 8 nitrogen and oxygen atoms in total. The van der Waals surface area contributed by atoms with Crippen LogP contribution in [0.3, 0.4) is 0 Å². The van der Waals surface area contributed by atoms with Gasteiger partial charge in [-0.1, -0.05) is 6.92 Å². The second kappa shape index (κ2) is 7.26. The Hall–Kier alpha value is -2.35. The third kappa shape index (κ3) is 3.84. The van der Waals surface area contributed by atoms with Gasteiger partial charge in [0.25, 0.3) is 5.56 Å². The van der Waals surface area contributed by atoms with Gasteiger partial charge < -0.3 is 20.3 Å². The quantitative estimate of drug-likeness (QED) is 0.713. The summed E-state index contributed by atoms with van der Waals surface area (Å²) in [6, 6.07) is 2.01. The summed E-state index contributed by atoms with van der Waals surface area (Å²) in [7, 11) is 0. The molecule has 0 spiro atoms. The monoisotopic (exact) mass is 348 g/mol. The molecule has 8 heteroatoms. The van der Waals surface area contributed by atoms with Crippen LogP contribution < -0.4 is 10.9 Å². The Labute approximate surface area is 145 Å². The van der Waals surface area contributed by atoms with Crippen molar-refractivity contribution in [2.24, 2.45) is 0 Å². The van der Waals surface area contributed by atoms with E-state index in [-0.39, 0.29) is 30.2 Å². The van der Waals surface area contributed by atoms with Gasteiger partial charge in [0, 0.05) is 30.4 Å². The van der Waals surface area contributed by atoms with Gasteiger partial charge in [-0.15, -0.1) is 0 Å². The van der Waals surface area contributed by atoms with Gasteiger partial charge in [-0.3, -0.25) is 14.5 Å². The normalized spacial score (nSPS) is 22.2. The summed E-state index contributed by atoms with van der Waals surface area (Å²) in [5.74, 6) is -0.827. The molecule has 1 aliphatic heterocycles. The molecule has 1 aromatic rings. The van der Waals surface area contributed by atoms with Crippen molar-refractivity contribution in [2.45, 2.75) is 44.8 Å². The van der Waals surface area contributed by atoms with E-state index >= 15 is 0 Å². The van der Waals surface area contributed by atoms with E-state index in [4.69, 9.17) is 5.11 Å². The molecule has 3 rings (SSSR count). The van der Waals surface area contributed by atoms with E-state index in [1.165, 1.54) is 0 Å². The number of carboxylic acid groups (broad SMARTS) is 1. The Morgan fingerprint density at radius 3 is 2.88 bits per heavy atom. The van der Waals surface area contributed by atoms with Crippen molar-refractivity contribution < 1.29 is 14.7 Å². The summed E-state index contributed by atoms with van der Waals surface area (Å²) >= 11 is 0. The Bertz CT molecular complexity index is 711. The molecule has 2 heterocycles. The predicted molar refractivity (Wildman–Crippen MR) is 91.4 cm³/mol. The first-order chi connectivity index (χ1) is 12.0. The third-order valence-corrected chi connectivity index (χ3v) is 5.15. The molecule has 136 valence electrons. The fourth-order valence-electron chi connectivity index (χ4n) is 3.60. The van der Waals surface area contributed by atoms with Crippen LogP contribution in [0.2, 0.25) is 0 Å². The standard InChI is InChI=1S/C17H24N4O4/c1-2-20(10-15(22)23)13-7-12(8-13)19-17(25)21-6-4-11-3-5-18-16(24)14(11)9-21/h3,5,12-13H,2,4,6-10H2,1H3,(H,18,24)(H,19,25)(H,22,23). The highest BCUT2D eigenvalue weighted by Crippen LogP contribution is 2.26. The highest BCUT2D eigenvalue weighted by molar-refractivity contribution is 5.75. The Morgan fingerprint density at radius 1 is 1.44 bits per heavy atom. The molecule has 25 heavy (non-hydrogen) atoms. The number of carbonyl (C=O) groups excluding carboxylic acids is 1. The van der Waals surface area contributed by atoms with Crippen LogP contribution in [-0.4, -0.2) is 63.6 Å². The van der Waals surface area contributed by atoms with Crippen LogP contribution in [0, 0.1) is 0 Å². The fourth-order valence-corrected chi connectivity index (χ4v) is 3.60. The lowest BCUT2D eigenvalue weighted by atomic mass is 9.85. The number of pyridine rings is 1. The molecule has 0 bridgehead atoms. The zero-order valence-corrected chi connectivity index (χ0v) is 14.3. The van der Waals surface area contributed by atoms with E-state index in [1.807, 2.05) is 17.9 Å². The maximum atomic E-state index is 12.4. The molecule has 1 saturated carbocycles. The molecule has 0 saturated heterocycles. The minimum atomic E-state index is -0.827. The zero-order valence-electron chi connectivity index (χ0n) is 14.3. The van der Waals surface area contributed by atoms with Crippen LogP contribution in [0.1, 0.15) is 30.9 Å². The summed E-state index contributed by atoms with van der Waals surface area (Å²) in [4.78, 5) is 41.4. The number of hydrogen-bond acceptors (Lipinski definition) is 4. The lowest BCUT2D eigenvalue weighted by Crippen LogP contribution is -2.57. The van der Waals surface area contributed by atoms with Gasteiger partial charge in [0.15, 0.2) is 0 Å². The van der Waals surface area contributed by atoms with Crippen molar-refractivity contribution >= 4 is 12.0 Å². The lowest BCUT2D eigenvalue weighted by molar-refractivity contribution is -0.139. The molecular formula is C17H24N4O4. The van der Waals surface area contributed by atoms with Crippen LogP contribution >= 0.6 is 0 Å². The number of aromatic nitrogens is 1. The fraction of sp³-hybridized carbons (Fsp3) is 0.588. The topological polar surface area (TPSA) is 106 Å². The van der Waals surface area contributed by atoms with Gasteiger partial charge in [-0.2, -0.15) is 0 Å². The average Bonchev–Trinajstić information content (AvgIpc) is 2.55. The molecule has 0 unspecified atom stereocenters. The SMILES string of the molecule is CCN(CC(=O)O)C1CC(NC(=O)N2CCc3cc[nH]c(=O)c3C2)C1. The largest absolute Gasteiger partial charge is 0.480 e. The highest BCUT2D eigenvalue weighted by atomic mass is 16.4. The number of urea groups is 1. The Balaban J connectivity index is 1.51. The Kier molecular flexibility index (Phi) is 5.08.